The number of aromatic nitrogens is 3. The van der Waals surface area contributed by atoms with E-state index < -0.39 is 27.2 Å². The van der Waals surface area contributed by atoms with Gasteiger partial charge in [-0.3, -0.25) is 14.5 Å². The average Bonchev–Trinajstić information content (AvgIpc) is 3.52. The van der Waals surface area contributed by atoms with E-state index in [2.05, 4.69) is 25.0 Å². The molecule has 1 atom stereocenters. The van der Waals surface area contributed by atoms with Crippen molar-refractivity contribution in [2.75, 3.05) is 16.6 Å². The van der Waals surface area contributed by atoms with Gasteiger partial charge in [0, 0.05) is 16.6 Å². The Hall–Kier alpha value is -2.80. The summed E-state index contributed by atoms with van der Waals surface area (Å²) < 4.78 is 32.8. The van der Waals surface area contributed by atoms with Crippen molar-refractivity contribution in [2.45, 2.75) is 43.9 Å². The van der Waals surface area contributed by atoms with Crippen LogP contribution in [0.5, 0.6) is 5.88 Å². The van der Waals surface area contributed by atoms with Gasteiger partial charge in [-0.2, -0.15) is 0 Å². The van der Waals surface area contributed by atoms with E-state index in [-0.39, 0.29) is 17.5 Å². The second-order valence-corrected chi connectivity index (χ2v) is 10.7. The van der Waals surface area contributed by atoms with Crippen molar-refractivity contribution in [3.8, 4) is 17.1 Å². The van der Waals surface area contributed by atoms with Crippen molar-refractivity contribution in [3.05, 3.63) is 47.7 Å². The van der Waals surface area contributed by atoms with Gasteiger partial charge in [-0.15, -0.1) is 23.7 Å². The lowest BCUT2D eigenvalue weighted by atomic mass is 10.1. The molecule has 35 heavy (non-hydrogen) atoms. The molecule has 1 saturated carbocycles. The van der Waals surface area contributed by atoms with E-state index >= 15 is 0 Å². The van der Waals surface area contributed by atoms with Gasteiger partial charge in [-0.1, -0.05) is 25.0 Å². The van der Waals surface area contributed by atoms with E-state index in [9.17, 15) is 13.2 Å². The van der Waals surface area contributed by atoms with Gasteiger partial charge in [0.05, 0.1) is 35.6 Å². The van der Waals surface area contributed by atoms with Crippen molar-refractivity contribution in [1.29, 1.82) is 0 Å². The van der Waals surface area contributed by atoms with E-state index in [0.717, 1.165) is 29.7 Å². The molecule has 2 aromatic heterocycles. The minimum Gasteiger partial charge on any atom is -0.477 e. The van der Waals surface area contributed by atoms with Crippen LogP contribution >= 0.6 is 23.7 Å². The first-order valence-electron chi connectivity index (χ1n) is 10.9. The maximum absolute atomic E-state index is 12.6. The molecule has 10 nitrogen and oxygen atoms in total. The summed E-state index contributed by atoms with van der Waals surface area (Å²) in [5.41, 5.74) is 8.39. The molecule has 1 fully saturated rings. The molecule has 1 aliphatic carbocycles. The Morgan fingerprint density at radius 1 is 1.20 bits per heavy atom. The van der Waals surface area contributed by atoms with Crippen LogP contribution in [0.2, 0.25) is 0 Å². The highest BCUT2D eigenvalue weighted by molar-refractivity contribution is 7.93. The first-order valence-corrected chi connectivity index (χ1v) is 13.4. The Morgan fingerprint density at radius 3 is 2.60 bits per heavy atom. The fraction of sp³-hybridized carbons (Fsp3) is 0.364. The summed E-state index contributed by atoms with van der Waals surface area (Å²) in [6.07, 6.45) is 6.30. The van der Waals surface area contributed by atoms with Crippen LogP contribution in [0.1, 0.15) is 44.3 Å². The van der Waals surface area contributed by atoms with Crippen molar-refractivity contribution in [1.82, 2.24) is 15.0 Å². The first-order chi connectivity index (χ1) is 16.4. The number of anilines is 2. The van der Waals surface area contributed by atoms with Crippen LogP contribution in [0, 0.1) is 0 Å². The molecule has 1 aliphatic rings. The lowest BCUT2D eigenvalue weighted by Gasteiger charge is -2.12. The SMILES string of the molecule is CCOc1cncc(-c2ccc(NC(=O)C(N)c3csc(NS(=O)(=O)C4CCCC4)n3)cc2)n1.Cl. The van der Waals surface area contributed by atoms with E-state index in [1.165, 1.54) is 0 Å². The molecular weight excluding hydrogens is 512 g/mol. The normalized spacial score (nSPS) is 14.7. The lowest BCUT2D eigenvalue weighted by Crippen LogP contribution is -2.28. The third kappa shape index (κ3) is 6.66. The number of nitrogens with one attached hydrogen (secondary N) is 2. The summed E-state index contributed by atoms with van der Waals surface area (Å²) in [5.74, 6) is -0.0158. The maximum atomic E-state index is 12.6. The van der Waals surface area contributed by atoms with Crippen molar-refractivity contribution in [2.24, 2.45) is 5.73 Å². The Morgan fingerprint density at radius 2 is 1.91 bits per heavy atom. The molecule has 188 valence electrons. The molecule has 4 rings (SSSR count). The standard InChI is InChI=1S/C22H26N6O4S2.ClH/c1-2-32-19-12-24-11-17(26-19)14-7-9-15(10-8-14)25-21(29)20(23)18-13-33-22(27-18)28-34(30,31)16-5-3-4-6-16;/h7-13,16,20H,2-6,23H2,1H3,(H,25,29)(H,27,28);1H. The van der Waals surface area contributed by atoms with Crippen LogP contribution in [-0.2, 0) is 14.8 Å². The number of rotatable bonds is 9. The largest absolute Gasteiger partial charge is 0.477 e. The van der Waals surface area contributed by atoms with Gasteiger partial charge in [0.2, 0.25) is 21.8 Å². The number of hydrogen-bond acceptors (Lipinski definition) is 9. The van der Waals surface area contributed by atoms with E-state index in [0.29, 0.717) is 42.4 Å². The maximum Gasteiger partial charge on any atom is 0.247 e. The summed E-state index contributed by atoms with van der Waals surface area (Å²) in [7, 11) is -3.49. The fourth-order valence-electron chi connectivity index (χ4n) is 3.66. The number of thiazole rings is 1. The Bertz CT molecular complexity index is 1250. The first kappa shape index (κ1) is 26.8. The number of carbonyl (C=O) groups excluding carboxylic acids is 1. The van der Waals surface area contributed by atoms with Crippen LogP contribution in [0.3, 0.4) is 0 Å². The molecule has 0 aliphatic heterocycles. The molecule has 0 bridgehead atoms. The van der Waals surface area contributed by atoms with Gasteiger partial charge >= 0.3 is 0 Å². The zero-order valence-electron chi connectivity index (χ0n) is 19.0. The second kappa shape index (κ2) is 11.8. The number of nitrogens with zero attached hydrogens (tertiary/aromatic N) is 3. The molecule has 2 heterocycles. The number of ether oxygens (including phenoxy) is 1. The second-order valence-electron chi connectivity index (χ2n) is 7.85. The fourth-order valence-corrected chi connectivity index (χ4v) is 6.20. The minimum absolute atomic E-state index is 0. The summed E-state index contributed by atoms with van der Waals surface area (Å²) in [5, 5.41) is 4.16. The molecule has 1 unspecified atom stereocenters. The van der Waals surface area contributed by atoms with Gasteiger partial charge in [0.25, 0.3) is 0 Å². The molecule has 0 spiro atoms. The number of carbonyl (C=O) groups is 1. The van der Waals surface area contributed by atoms with Crippen molar-refractivity contribution in [3.63, 3.8) is 0 Å². The van der Waals surface area contributed by atoms with Gasteiger partial charge in [-0.25, -0.2) is 18.4 Å². The predicted molar refractivity (Wildman–Crippen MR) is 138 cm³/mol. The summed E-state index contributed by atoms with van der Waals surface area (Å²) in [6, 6.07) is 6.03. The molecule has 1 amide bonds. The number of benzene rings is 1. The Kier molecular flexibility index (Phi) is 9.00. The highest BCUT2D eigenvalue weighted by Crippen LogP contribution is 2.28. The van der Waals surface area contributed by atoms with Gasteiger partial charge in [0.15, 0.2) is 5.13 Å². The molecule has 4 N–H and O–H groups in total. The van der Waals surface area contributed by atoms with Crippen LogP contribution in [0.25, 0.3) is 11.3 Å². The third-order valence-electron chi connectivity index (χ3n) is 5.45. The molecule has 0 saturated heterocycles. The van der Waals surface area contributed by atoms with E-state index in [1.54, 1.807) is 42.0 Å². The summed E-state index contributed by atoms with van der Waals surface area (Å²) >= 11 is 1.11. The molecule has 13 heteroatoms. The van der Waals surface area contributed by atoms with Crippen LogP contribution in [-0.4, -0.2) is 41.1 Å². The number of amides is 1. The molecule has 1 aromatic carbocycles. The quantitative estimate of drug-likeness (QED) is 0.373. The number of hydrogen-bond donors (Lipinski definition) is 3. The van der Waals surface area contributed by atoms with Gasteiger partial charge in [0.1, 0.15) is 6.04 Å². The number of sulfonamides is 1. The zero-order chi connectivity index (χ0) is 24.1. The van der Waals surface area contributed by atoms with Crippen LogP contribution in [0.15, 0.2) is 42.0 Å². The van der Waals surface area contributed by atoms with E-state index in [4.69, 9.17) is 10.5 Å². The van der Waals surface area contributed by atoms with Crippen LogP contribution < -0.4 is 20.5 Å². The Labute approximate surface area is 214 Å². The monoisotopic (exact) mass is 538 g/mol. The predicted octanol–water partition coefficient (Wildman–Crippen LogP) is 3.74. The van der Waals surface area contributed by atoms with Crippen molar-refractivity contribution < 1.29 is 17.9 Å². The van der Waals surface area contributed by atoms with Crippen molar-refractivity contribution >= 4 is 50.5 Å². The molecule has 3 aromatic rings. The molecule has 0 radical (unpaired) electrons. The third-order valence-corrected chi connectivity index (χ3v) is 8.18. The smallest absolute Gasteiger partial charge is 0.247 e. The Balaban J connectivity index is 0.00000342. The highest BCUT2D eigenvalue weighted by Gasteiger charge is 2.30. The number of nitrogens with two attached hydrogens (primary N) is 1. The van der Waals surface area contributed by atoms with Gasteiger partial charge < -0.3 is 15.8 Å². The van der Waals surface area contributed by atoms with E-state index in [1.807, 2.05) is 6.92 Å². The highest BCUT2D eigenvalue weighted by atomic mass is 35.5. The minimum atomic E-state index is -3.49. The zero-order valence-corrected chi connectivity index (χ0v) is 21.5. The van der Waals surface area contributed by atoms with Gasteiger partial charge in [-0.05, 0) is 31.9 Å². The number of halogens is 1. The average molecular weight is 539 g/mol. The summed E-state index contributed by atoms with van der Waals surface area (Å²) in [6.45, 7) is 2.37. The lowest BCUT2D eigenvalue weighted by molar-refractivity contribution is -0.117. The molecular formula is C22H27ClN6O4S2. The summed E-state index contributed by atoms with van der Waals surface area (Å²) in [4.78, 5) is 25.4. The van der Waals surface area contributed by atoms with Crippen LogP contribution in [0.4, 0.5) is 10.8 Å². The topological polar surface area (TPSA) is 149 Å².